The molecule has 3 heterocycles. The van der Waals surface area contributed by atoms with E-state index in [9.17, 15) is 4.79 Å². The molecule has 0 spiro atoms. The van der Waals surface area contributed by atoms with Crippen LogP contribution >= 0.6 is 0 Å². The molecule has 2 atom stereocenters. The van der Waals surface area contributed by atoms with E-state index in [0.29, 0.717) is 18.3 Å². The number of hydrogen-bond acceptors (Lipinski definition) is 6. The van der Waals surface area contributed by atoms with Crippen LogP contribution in [0.25, 0.3) is 5.82 Å². The van der Waals surface area contributed by atoms with Gasteiger partial charge in [0.1, 0.15) is 0 Å². The highest BCUT2D eigenvalue weighted by Crippen LogP contribution is 2.50. The molecule has 24 heavy (non-hydrogen) atoms. The number of anilines is 1. The number of aryl methyl sites for hydroxylation is 1. The van der Waals surface area contributed by atoms with Crippen molar-refractivity contribution in [1.29, 1.82) is 0 Å². The molecule has 1 saturated carbocycles. The molecule has 2 aliphatic rings. The SMILES string of the molecule is COC(=O)C12CCCC1CN(c1ccc(-n3ccc(C)n3)nn1)C2. The number of hydrogen-bond donors (Lipinski definition) is 0. The van der Waals surface area contributed by atoms with E-state index in [2.05, 4.69) is 20.2 Å². The lowest BCUT2D eigenvalue weighted by Gasteiger charge is -2.25. The molecule has 0 amide bonds. The Morgan fingerprint density at radius 1 is 1.29 bits per heavy atom. The molecule has 126 valence electrons. The molecule has 1 saturated heterocycles. The third kappa shape index (κ3) is 2.26. The van der Waals surface area contributed by atoms with E-state index in [1.807, 2.05) is 31.3 Å². The van der Waals surface area contributed by atoms with Crippen LogP contribution in [-0.2, 0) is 9.53 Å². The number of carbonyl (C=O) groups excluding carboxylic acids is 1. The predicted molar refractivity (Wildman–Crippen MR) is 87.9 cm³/mol. The van der Waals surface area contributed by atoms with Crippen LogP contribution in [0.2, 0.25) is 0 Å². The summed E-state index contributed by atoms with van der Waals surface area (Å²) in [5.41, 5.74) is 0.571. The van der Waals surface area contributed by atoms with Crippen molar-refractivity contribution in [2.45, 2.75) is 26.2 Å². The van der Waals surface area contributed by atoms with Gasteiger partial charge in [-0.1, -0.05) is 6.42 Å². The second-order valence-corrected chi connectivity index (χ2v) is 6.77. The molecule has 2 fully saturated rings. The van der Waals surface area contributed by atoms with E-state index in [1.54, 1.807) is 4.68 Å². The number of aromatic nitrogens is 4. The van der Waals surface area contributed by atoms with Crippen molar-refractivity contribution >= 4 is 11.8 Å². The van der Waals surface area contributed by atoms with Crippen LogP contribution in [0.4, 0.5) is 5.82 Å². The van der Waals surface area contributed by atoms with Crippen LogP contribution in [0.1, 0.15) is 25.0 Å². The second-order valence-electron chi connectivity index (χ2n) is 6.77. The van der Waals surface area contributed by atoms with Crippen molar-refractivity contribution in [3.63, 3.8) is 0 Å². The Kier molecular flexibility index (Phi) is 3.51. The fourth-order valence-corrected chi connectivity index (χ4v) is 4.15. The van der Waals surface area contributed by atoms with Crippen LogP contribution in [0.3, 0.4) is 0 Å². The van der Waals surface area contributed by atoms with Gasteiger partial charge in [-0.25, -0.2) is 4.68 Å². The quantitative estimate of drug-likeness (QED) is 0.800. The van der Waals surface area contributed by atoms with Gasteiger partial charge in [0.2, 0.25) is 0 Å². The van der Waals surface area contributed by atoms with E-state index in [1.165, 1.54) is 7.11 Å². The van der Waals surface area contributed by atoms with E-state index in [0.717, 1.165) is 37.3 Å². The normalized spacial score (nSPS) is 25.8. The summed E-state index contributed by atoms with van der Waals surface area (Å²) in [4.78, 5) is 14.5. The van der Waals surface area contributed by atoms with Gasteiger partial charge in [-0.15, -0.1) is 10.2 Å². The summed E-state index contributed by atoms with van der Waals surface area (Å²) in [5.74, 6) is 1.76. The second kappa shape index (κ2) is 5.58. The zero-order chi connectivity index (χ0) is 16.7. The third-order valence-corrected chi connectivity index (χ3v) is 5.38. The van der Waals surface area contributed by atoms with E-state index in [4.69, 9.17) is 4.74 Å². The largest absolute Gasteiger partial charge is 0.469 e. The van der Waals surface area contributed by atoms with Gasteiger partial charge in [0.25, 0.3) is 0 Å². The highest BCUT2D eigenvalue weighted by Gasteiger charge is 2.55. The van der Waals surface area contributed by atoms with Crippen molar-refractivity contribution in [3.8, 4) is 5.82 Å². The highest BCUT2D eigenvalue weighted by atomic mass is 16.5. The number of ether oxygens (including phenoxy) is 1. The molecule has 1 aliphatic heterocycles. The van der Waals surface area contributed by atoms with Crippen LogP contribution in [0.5, 0.6) is 0 Å². The number of nitrogens with zero attached hydrogens (tertiary/aromatic N) is 5. The number of carbonyl (C=O) groups is 1. The standard InChI is InChI=1S/C17H21N5O2/c1-12-7-9-22(20-12)15-6-5-14(18-19-15)21-10-13-4-3-8-17(13,11-21)16(23)24-2/h5-7,9,13H,3-4,8,10-11H2,1-2H3. The first-order valence-corrected chi connectivity index (χ1v) is 8.32. The molecular weight excluding hydrogens is 306 g/mol. The van der Waals surface area contributed by atoms with Crippen molar-refractivity contribution in [2.75, 3.05) is 25.1 Å². The Morgan fingerprint density at radius 3 is 2.75 bits per heavy atom. The van der Waals surface area contributed by atoms with Gasteiger partial charge in [-0.2, -0.15) is 5.10 Å². The molecule has 7 nitrogen and oxygen atoms in total. The summed E-state index contributed by atoms with van der Waals surface area (Å²) in [6.07, 6.45) is 4.94. The average Bonchev–Trinajstić information content (AvgIpc) is 3.28. The average molecular weight is 327 g/mol. The van der Waals surface area contributed by atoms with E-state index in [-0.39, 0.29) is 11.4 Å². The summed E-state index contributed by atoms with van der Waals surface area (Å²) in [6.45, 7) is 3.44. The first-order chi connectivity index (χ1) is 11.6. The van der Waals surface area contributed by atoms with Gasteiger partial charge in [0.15, 0.2) is 11.6 Å². The highest BCUT2D eigenvalue weighted by molar-refractivity contribution is 5.79. The van der Waals surface area contributed by atoms with Gasteiger partial charge in [0.05, 0.1) is 18.2 Å². The molecule has 0 bridgehead atoms. The molecule has 1 aliphatic carbocycles. The van der Waals surface area contributed by atoms with Crippen LogP contribution in [0, 0.1) is 18.3 Å². The minimum Gasteiger partial charge on any atom is -0.469 e. The molecule has 2 aromatic rings. The maximum atomic E-state index is 12.3. The van der Waals surface area contributed by atoms with Gasteiger partial charge in [-0.3, -0.25) is 4.79 Å². The number of rotatable bonds is 3. The smallest absolute Gasteiger partial charge is 0.313 e. The van der Waals surface area contributed by atoms with Gasteiger partial charge >= 0.3 is 5.97 Å². The first kappa shape index (κ1) is 15.1. The lowest BCUT2D eigenvalue weighted by atomic mass is 9.81. The molecule has 0 N–H and O–H groups in total. The molecule has 0 aromatic carbocycles. The lowest BCUT2D eigenvalue weighted by molar-refractivity contribution is -0.152. The van der Waals surface area contributed by atoms with Crippen molar-refractivity contribution in [3.05, 3.63) is 30.1 Å². The van der Waals surface area contributed by atoms with Gasteiger partial charge in [-0.05, 0) is 43.9 Å². The Labute approximate surface area is 140 Å². The minimum absolute atomic E-state index is 0.0795. The van der Waals surface area contributed by atoms with Gasteiger partial charge < -0.3 is 9.64 Å². The Bertz CT molecular complexity index is 757. The fraction of sp³-hybridized carbons (Fsp3) is 0.529. The Balaban J connectivity index is 1.56. The summed E-state index contributed by atoms with van der Waals surface area (Å²) in [5, 5.41) is 13.0. The zero-order valence-corrected chi connectivity index (χ0v) is 14.0. The Hall–Kier alpha value is -2.44. The van der Waals surface area contributed by atoms with Crippen molar-refractivity contribution < 1.29 is 9.53 Å². The summed E-state index contributed by atoms with van der Waals surface area (Å²) in [6, 6.07) is 5.79. The molecule has 2 aromatic heterocycles. The van der Waals surface area contributed by atoms with E-state index >= 15 is 0 Å². The summed E-state index contributed by atoms with van der Waals surface area (Å²) >= 11 is 0. The number of esters is 1. The van der Waals surface area contributed by atoms with Crippen molar-refractivity contribution in [2.24, 2.45) is 11.3 Å². The van der Waals surface area contributed by atoms with Crippen molar-refractivity contribution in [1.82, 2.24) is 20.0 Å². The van der Waals surface area contributed by atoms with Crippen LogP contribution in [0.15, 0.2) is 24.4 Å². The maximum Gasteiger partial charge on any atom is 0.313 e. The zero-order valence-electron chi connectivity index (χ0n) is 14.0. The minimum atomic E-state index is -0.367. The lowest BCUT2D eigenvalue weighted by Crippen LogP contribution is -2.37. The maximum absolute atomic E-state index is 12.3. The predicted octanol–water partition coefficient (Wildman–Crippen LogP) is 1.75. The van der Waals surface area contributed by atoms with Crippen LogP contribution in [-0.4, -0.2) is 46.1 Å². The van der Waals surface area contributed by atoms with Crippen LogP contribution < -0.4 is 4.90 Å². The summed E-state index contributed by atoms with van der Waals surface area (Å²) < 4.78 is 6.80. The van der Waals surface area contributed by atoms with Gasteiger partial charge in [0, 0.05) is 19.3 Å². The third-order valence-electron chi connectivity index (χ3n) is 5.38. The topological polar surface area (TPSA) is 73.1 Å². The van der Waals surface area contributed by atoms with E-state index < -0.39 is 0 Å². The first-order valence-electron chi connectivity index (χ1n) is 8.32. The molecular formula is C17H21N5O2. The summed E-state index contributed by atoms with van der Waals surface area (Å²) in [7, 11) is 1.48. The number of fused-ring (bicyclic) bond motifs is 1. The number of methoxy groups -OCH3 is 1. The molecule has 0 radical (unpaired) electrons. The molecule has 7 heteroatoms. The molecule has 4 rings (SSSR count). The monoisotopic (exact) mass is 327 g/mol. The Morgan fingerprint density at radius 2 is 2.08 bits per heavy atom. The molecule has 2 unspecified atom stereocenters. The fourth-order valence-electron chi connectivity index (χ4n) is 4.15.